The van der Waals surface area contributed by atoms with Crippen molar-refractivity contribution in [2.45, 2.75) is 52.5 Å². The zero-order valence-corrected chi connectivity index (χ0v) is 15.0. The van der Waals surface area contributed by atoms with Gasteiger partial charge in [0, 0.05) is 6.54 Å². The molecule has 0 bridgehead atoms. The first kappa shape index (κ1) is 20.2. The van der Waals surface area contributed by atoms with Crippen molar-refractivity contribution in [3.05, 3.63) is 35.9 Å². The highest BCUT2D eigenvalue weighted by molar-refractivity contribution is 6.38. The molecule has 3 unspecified atom stereocenters. The SMILES string of the molecule is CC.COC(=O)C(C)N(Cc1ccccc1)C(=O)C(C)NC1[B]O1. The molecule has 1 aliphatic rings. The molecule has 1 N–H and O–H groups in total. The quantitative estimate of drug-likeness (QED) is 0.465. The maximum Gasteiger partial charge on any atom is 0.342 e. The number of esters is 1. The minimum absolute atomic E-state index is 0.175. The first-order valence-electron chi connectivity index (χ1n) is 8.20. The number of amides is 1. The summed E-state index contributed by atoms with van der Waals surface area (Å²) in [5.41, 5.74) is 0.952. The molecule has 3 atom stereocenters. The van der Waals surface area contributed by atoms with Crippen LogP contribution in [0.1, 0.15) is 33.3 Å². The Morgan fingerprint density at radius 3 is 2.38 bits per heavy atom. The van der Waals surface area contributed by atoms with E-state index in [4.69, 9.17) is 9.39 Å². The van der Waals surface area contributed by atoms with E-state index in [-0.39, 0.29) is 12.0 Å². The zero-order valence-electron chi connectivity index (χ0n) is 15.0. The minimum Gasteiger partial charge on any atom is -0.467 e. The van der Waals surface area contributed by atoms with Gasteiger partial charge in [-0.25, -0.2) is 4.79 Å². The van der Waals surface area contributed by atoms with Gasteiger partial charge in [0.1, 0.15) is 6.04 Å². The second kappa shape index (κ2) is 10.1. The molecule has 24 heavy (non-hydrogen) atoms. The molecule has 0 spiro atoms. The lowest BCUT2D eigenvalue weighted by Crippen LogP contribution is -2.51. The summed E-state index contributed by atoms with van der Waals surface area (Å²) in [5.74, 6) is -0.614. The molecule has 7 heteroatoms. The van der Waals surface area contributed by atoms with Crippen molar-refractivity contribution in [2.75, 3.05) is 7.11 Å². The molecule has 6 nitrogen and oxygen atoms in total. The summed E-state index contributed by atoms with van der Waals surface area (Å²) < 4.78 is 9.73. The van der Waals surface area contributed by atoms with Crippen LogP contribution >= 0.6 is 0 Å². The van der Waals surface area contributed by atoms with Gasteiger partial charge in [-0.1, -0.05) is 44.2 Å². The van der Waals surface area contributed by atoms with E-state index in [1.807, 2.05) is 44.2 Å². The Balaban J connectivity index is 0.00000139. The summed E-state index contributed by atoms with van der Waals surface area (Å²) in [5, 5.41) is 3.01. The lowest BCUT2D eigenvalue weighted by atomic mass is 10.1. The molecule has 1 amide bonds. The van der Waals surface area contributed by atoms with E-state index >= 15 is 0 Å². The van der Waals surface area contributed by atoms with E-state index in [0.717, 1.165) is 5.56 Å². The number of carbonyl (C=O) groups excluding carboxylic acids is 2. The van der Waals surface area contributed by atoms with Gasteiger partial charge >= 0.3 is 13.5 Å². The lowest BCUT2D eigenvalue weighted by Gasteiger charge is -2.30. The number of rotatable bonds is 7. The van der Waals surface area contributed by atoms with Crippen LogP contribution in [-0.4, -0.2) is 49.6 Å². The van der Waals surface area contributed by atoms with Gasteiger partial charge in [0.05, 0.1) is 19.3 Å². The van der Waals surface area contributed by atoms with Gasteiger partial charge in [-0.3, -0.25) is 10.1 Å². The van der Waals surface area contributed by atoms with Crippen LogP contribution in [0.15, 0.2) is 30.3 Å². The number of methoxy groups -OCH3 is 1. The predicted molar refractivity (Wildman–Crippen MR) is 93.0 cm³/mol. The standard InChI is InChI=1S/C15H20BN2O4.C2H6/c1-10(17-15-16-22-15)13(19)18(11(2)14(20)21-3)9-12-7-5-4-6-8-12;1-2/h4-8,10-11,15,17H,9H2,1-3H3;1-2H3. The van der Waals surface area contributed by atoms with E-state index in [9.17, 15) is 9.59 Å². The summed E-state index contributed by atoms with van der Waals surface area (Å²) in [6.07, 6.45) is -0.189. The van der Waals surface area contributed by atoms with Crippen LogP contribution in [0.2, 0.25) is 0 Å². The average Bonchev–Trinajstić information content (AvgIpc) is 3.44. The fourth-order valence-corrected chi connectivity index (χ4v) is 2.17. The zero-order chi connectivity index (χ0) is 18.1. The monoisotopic (exact) mass is 333 g/mol. The minimum atomic E-state index is -0.661. The van der Waals surface area contributed by atoms with E-state index in [0.29, 0.717) is 6.54 Å². The third-order valence-electron chi connectivity index (χ3n) is 3.55. The molecular weight excluding hydrogens is 307 g/mol. The Hall–Kier alpha value is -1.86. The van der Waals surface area contributed by atoms with Crippen molar-refractivity contribution < 1.29 is 19.0 Å². The largest absolute Gasteiger partial charge is 0.467 e. The van der Waals surface area contributed by atoms with Crippen LogP contribution in [-0.2, 0) is 25.5 Å². The summed E-state index contributed by atoms with van der Waals surface area (Å²) >= 11 is 0. The van der Waals surface area contributed by atoms with Gasteiger partial charge in [-0.15, -0.1) is 0 Å². The fraction of sp³-hybridized carbons (Fsp3) is 0.529. The Kier molecular flexibility index (Phi) is 8.50. The molecule has 1 saturated heterocycles. The molecule has 1 aromatic rings. The van der Waals surface area contributed by atoms with Gasteiger partial charge < -0.3 is 14.3 Å². The van der Waals surface area contributed by atoms with Gasteiger partial charge in [-0.05, 0) is 19.4 Å². The number of benzene rings is 1. The second-order valence-electron chi connectivity index (χ2n) is 5.23. The highest BCUT2D eigenvalue weighted by Gasteiger charge is 2.34. The Morgan fingerprint density at radius 2 is 1.88 bits per heavy atom. The number of nitrogens with zero attached hydrogens (tertiary/aromatic N) is 1. The molecular formula is C17H26BN2O4. The van der Waals surface area contributed by atoms with Crippen LogP contribution in [0.3, 0.4) is 0 Å². The molecule has 0 saturated carbocycles. The van der Waals surface area contributed by atoms with Crippen LogP contribution in [0.4, 0.5) is 0 Å². The number of hydrogen-bond donors (Lipinski definition) is 1. The van der Waals surface area contributed by atoms with Crippen molar-refractivity contribution in [1.29, 1.82) is 0 Å². The molecule has 1 radical (unpaired) electrons. The Labute approximate surface area is 144 Å². The van der Waals surface area contributed by atoms with Gasteiger partial charge in [0.25, 0.3) is 0 Å². The number of hydrogen-bond acceptors (Lipinski definition) is 5. The van der Waals surface area contributed by atoms with Crippen molar-refractivity contribution in [3.8, 4) is 0 Å². The van der Waals surface area contributed by atoms with Crippen LogP contribution in [0.25, 0.3) is 0 Å². The van der Waals surface area contributed by atoms with E-state index in [1.54, 1.807) is 21.3 Å². The highest BCUT2D eigenvalue weighted by Crippen LogP contribution is 2.13. The second-order valence-corrected chi connectivity index (χ2v) is 5.23. The first-order chi connectivity index (χ1) is 11.5. The highest BCUT2D eigenvalue weighted by atomic mass is 16.5. The molecule has 0 aliphatic carbocycles. The van der Waals surface area contributed by atoms with Gasteiger partial charge in [0.15, 0.2) is 0 Å². The third kappa shape index (κ3) is 5.98. The third-order valence-corrected chi connectivity index (χ3v) is 3.55. The van der Waals surface area contributed by atoms with Crippen molar-refractivity contribution in [1.82, 2.24) is 10.2 Å². The fourth-order valence-electron chi connectivity index (χ4n) is 2.17. The number of ether oxygens (including phenoxy) is 1. The Bertz CT molecular complexity index is 523. The van der Waals surface area contributed by atoms with Crippen LogP contribution < -0.4 is 5.32 Å². The van der Waals surface area contributed by atoms with Crippen LogP contribution in [0, 0.1) is 0 Å². The Morgan fingerprint density at radius 1 is 1.29 bits per heavy atom. The predicted octanol–water partition coefficient (Wildman–Crippen LogP) is 1.51. The summed E-state index contributed by atoms with van der Waals surface area (Å²) in [4.78, 5) is 26.0. The van der Waals surface area contributed by atoms with Crippen LogP contribution in [0.5, 0.6) is 0 Å². The van der Waals surface area contributed by atoms with E-state index in [2.05, 4.69) is 5.32 Å². The topological polar surface area (TPSA) is 71.2 Å². The summed E-state index contributed by atoms with van der Waals surface area (Å²) in [6.45, 7) is 7.76. The van der Waals surface area contributed by atoms with Crippen molar-refractivity contribution in [3.63, 3.8) is 0 Å². The number of carbonyl (C=O) groups is 2. The first-order valence-corrected chi connectivity index (χ1v) is 8.20. The maximum atomic E-state index is 12.7. The lowest BCUT2D eigenvalue weighted by molar-refractivity contribution is -0.153. The molecule has 0 aromatic heterocycles. The molecule has 1 aliphatic heterocycles. The molecule has 131 valence electrons. The number of nitrogens with one attached hydrogen (secondary N) is 1. The average molecular weight is 333 g/mol. The van der Waals surface area contributed by atoms with Crippen molar-refractivity contribution >= 4 is 19.4 Å². The smallest absolute Gasteiger partial charge is 0.342 e. The molecule has 1 fully saturated rings. The van der Waals surface area contributed by atoms with Crippen molar-refractivity contribution in [2.24, 2.45) is 0 Å². The molecule has 1 heterocycles. The summed E-state index contributed by atoms with van der Waals surface area (Å²) in [7, 11) is 2.92. The van der Waals surface area contributed by atoms with Gasteiger partial charge in [0.2, 0.25) is 5.91 Å². The maximum absolute atomic E-state index is 12.7. The molecule has 2 rings (SSSR count). The van der Waals surface area contributed by atoms with E-state index < -0.39 is 18.1 Å². The normalized spacial score (nSPS) is 17.5. The van der Waals surface area contributed by atoms with E-state index in [1.165, 1.54) is 12.0 Å². The molecule has 1 aromatic carbocycles. The van der Waals surface area contributed by atoms with Gasteiger partial charge in [-0.2, -0.15) is 0 Å². The summed E-state index contributed by atoms with van der Waals surface area (Å²) in [6, 6.07) is 8.42.